The number of nitriles is 2. The van der Waals surface area contributed by atoms with Gasteiger partial charge in [0.25, 0.3) is 0 Å². The third kappa shape index (κ3) is 7.59. The number of hydrogen-bond acceptors (Lipinski definition) is 2. The number of nitrogens with zero attached hydrogens (tertiary/aromatic N) is 3. The van der Waals surface area contributed by atoms with E-state index in [4.69, 9.17) is 10.5 Å². The zero-order chi connectivity index (χ0) is 12.2. The molecule has 0 saturated heterocycles. The summed E-state index contributed by atoms with van der Waals surface area (Å²) in [6.07, 6.45) is 6.85. The van der Waals surface area contributed by atoms with Crippen molar-refractivity contribution < 1.29 is 4.57 Å². The van der Waals surface area contributed by atoms with Crippen molar-refractivity contribution >= 4 is 7.28 Å². The Hall–Kier alpha value is -1.81. The standard InChI is InChI=1S/C10H16N.C2BN2/c1-3-4-7-11-8-5-6-10(2)9-11;4-1-3-2-5/h5-6,8-9H,3-4,7H2,1-2H3;/q+1;-1. The molecule has 4 heteroatoms. The molecule has 0 bridgehead atoms. The Kier molecular flexibility index (Phi) is 8.64. The van der Waals surface area contributed by atoms with Gasteiger partial charge in [0.05, 0.1) is 0 Å². The summed E-state index contributed by atoms with van der Waals surface area (Å²) in [5.41, 5.74) is 1.34. The Morgan fingerprint density at radius 3 is 2.50 bits per heavy atom. The lowest BCUT2D eigenvalue weighted by atomic mass is 9.85. The van der Waals surface area contributed by atoms with Gasteiger partial charge in [0, 0.05) is 18.1 Å². The van der Waals surface area contributed by atoms with Crippen LogP contribution in [0.5, 0.6) is 0 Å². The summed E-state index contributed by atoms with van der Waals surface area (Å²) in [5, 5.41) is 15.1. The number of rotatable bonds is 3. The number of aryl methyl sites for hydroxylation is 2. The van der Waals surface area contributed by atoms with Gasteiger partial charge in [-0.05, 0) is 13.0 Å². The van der Waals surface area contributed by atoms with Gasteiger partial charge < -0.3 is 0 Å². The van der Waals surface area contributed by atoms with Gasteiger partial charge in [-0.3, -0.25) is 10.5 Å². The summed E-state index contributed by atoms with van der Waals surface area (Å²) in [5.74, 6) is 3.06. The number of aromatic nitrogens is 1. The third-order valence-electron chi connectivity index (χ3n) is 1.91. The van der Waals surface area contributed by atoms with E-state index in [1.54, 1.807) is 0 Å². The van der Waals surface area contributed by atoms with E-state index in [9.17, 15) is 0 Å². The normalized spacial score (nSPS) is 8.25. The average molecular weight is 213 g/mol. The summed E-state index contributed by atoms with van der Waals surface area (Å²) >= 11 is 0. The molecule has 0 aliphatic heterocycles. The van der Waals surface area contributed by atoms with Crippen LogP contribution in [-0.2, 0) is 6.54 Å². The summed E-state index contributed by atoms with van der Waals surface area (Å²) in [4.78, 5) is 0. The van der Waals surface area contributed by atoms with Gasteiger partial charge >= 0.3 is 0 Å². The first-order valence-corrected chi connectivity index (χ1v) is 5.31. The van der Waals surface area contributed by atoms with Crippen LogP contribution in [0.1, 0.15) is 25.3 Å². The van der Waals surface area contributed by atoms with Crippen LogP contribution in [0.25, 0.3) is 0 Å². The lowest BCUT2D eigenvalue weighted by Crippen LogP contribution is -2.32. The van der Waals surface area contributed by atoms with Gasteiger partial charge in [0.1, 0.15) is 6.54 Å². The van der Waals surface area contributed by atoms with Crippen LogP contribution in [0.2, 0.25) is 0 Å². The second kappa shape index (κ2) is 9.74. The molecule has 1 aromatic rings. The molecule has 0 saturated carbocycles. The maximum Gasteiger partial charge on any atom is 0.171 e. The largest absolute Gasteiger partial charge is 0.255 e. The molecule has 1 heterocycles. The molecule has 1 aromatic heterocycles. The lowest BCUT2D eigenvalue weighted by molar-refractivity contribution is -0.697. The zero-order valence-corrected chi connectivity index (χ0v) is 9.85. The second-order valence-electron chi connectivity index (χ2n) is 3.38. The van der Waals surface area contributed by atoms with Gasteiger partial charge in [-0.1, -0.05) is 20.6 Å². The summed E-state index contributed by atoms with van der Waals surface area (Å²) < 4.78 is 2.25. The first-order chi connectivity index (χ1) is 7.74. The highest BCUT2D eigenvalue weighted by molar-refractivity contribution is 6.53. The molecule has 2 radical (unpaired) electrons. The minimum atomic E-state index is 0.861. The zero-order valence-electron chi connectivity index (χ0n) is 9.85. The van der Waals surface area contributed by atoms with Crippen LogP contribution in [0, 0.1) is 29.4 Å². The third-order valence-corrected chi connectivity index (χ3v) is 1.91. The van der Waals surface area contributed by atoms with E-state index in [0.717, 1.165) is 13.8 Å². The van der Waals surface area contributed by atoms with Gasteiger partial charge in [0.15, 0.2) is 12.4 Å². The first kappa shape index (κ1) is 14.2. The molecule has 3 nitrogen and oxygen atoms in total. The maximum absolute atomic E-state index is 7.54. The first-order valence-electron chi connectivity index (χ1n) is 5.31. The molecular weight excluding hydrogens is 197 g/mol. The molecule has 0 aliphatic carbocycles. The predicted octanol–water partition coefficient (Wildman–Crippen LogP) is 1.74. The monoisotopic (exact) mass is 213 g/mol. The SMILES string of the molecule is CCCC[n+]1cccc(C)c1.N#C[B-]C#N. The van der Waals surface area contributed by atoms with Crippen molar-refractivity contribution in [2.75, 3.05) is 0 Å². The fraction of sp³-hybridized carbons (Fsp3) is 0.417. The summed E-state index contributed by atoms with van der Waals surface area (Å²) in [6, 6.07) is 4.23. The van der Waals surface area contributed by atoms with Gasteiger partial charge in [-0.2, -0.15) is 0 Å². The van der Waals surface area contributed by atoms with Crippen LogP contribution in [0.4, 0.5) is 0 Å². The molecule has 0 aromatic carbocycles. The number of hydrogen-bond donors (Lipinski definition) is 0. The van der Waals surface area contributed by atoms with Crippen molar-refractivity contribution in [3.63, 3.8) is 0 Å². The Morgan fingerprint density at radius 2 is 2.06 bits per heavy atom. The Labute approximate surface area is 98.2 Å². The smallest absolute Gasteiger partial charge is 0.171 e. The van der Waals surface area contributed by atoms with Crippen molar-refractivity contribution in [2.45, 2.75) is 33.2 Å². The van der Waals surface area contributed by atoms with E-state index in [2.05, 4.69) is 42.9 Å². The van der Waals surface area contributed by atoms with Crippen molar-refractivity contribution in [1.29, 1.82) is 10.5 Å². The van der Waals surface area contributed by atoms with E-state index < -0.39 is 0 Å². The maximum atomic E-state index is 7.54. The minimum absolute atomic E-state index is 0.861. The minimum Gasteiger partial charge on any atom is -0.255 e. The molecule has 0 aliphatic rings. The molecule has 16 heavy (non-hydrogen) atoms. The molecule has 0 N–H and O–H groups in total. The highest BCUT2D eigenvalue weighted by Crippen LogP contribution is 1.91. The van der Waals surface area contributed by atoms with Gasteiger partial charge in [0.2, 0.25) is 0 Å². The molecule has 0 amide bonds. The van der Waals surface area contributed by atoms with Crippen LogP contribution in [0.15, 0.2) is 24.5 Å². The molecule has 0 spiro atoms. The van der Waals surface area contributed by atoms with Crippen molar-refractivity contribution in [3.05, 3.63) is 30.1 Å². The van der Waals surface area contributed by atoms with Crippen molar-refractivity contribution in [3.8, 4) is 11.9 Å². The molecular formula is C12H16BN3. The number of pyridine rings is 1. The highest BCUT2D eigenvalue weighted by Gasteiger charge is 1.97. The molecule has 82 valence electrons. The van der Waals surface area contributed by atoms with Crippen LogP contribution >= 0.6 is 0 Å². The van der Waals surface area contributed by atoms with Gasteiger partial charge in [-0.15, -0.1) is 0 Å². The Balaban J connectivity index is 0.000000385. The second-order valence-corrected chi connectivity index (χ2v) is 3.38. The van der Waals surface area contributed by atoms with E-state index in [1.807, 2.05) is 0 Å². The van der Waals surface area contributed by atoms with Crippen LogP contribution in [-0.4, -0.2) is 7.28 Å². The molecule has 0 atom stereocenters. The van der Waals surface area contributed by atoms with Crippen LogP contribution in [0.3, 0.4) is 0 Å². The average Bonchev–Trinajstić information content (AvgIpc) is 2.28. The topological polar surface area (TPSA) is 51.5 Å². The molecule has 1 rings (SSSR count). The Morgan fingerprint density at radius 1 is 1.38 bits per heavy atom. The van der Waals surface area contributed by atoms with E-state index in [-0.39, 0.29) is 0 Å². The fourth-order valence-electron chi connectivity index (χ4n) is 1.16. The van der Waals surface area contributed by atoms with Crippen molar-refractivity contribution in [1.82, 2.24) is 0 Å². The Bertz CT molecular complexity index is 365. The quantitative estimate of drug-likeness (QED) is 0.567. The molecule has 0 fully saturated rings. The lowest BCUT2D eigenvalue weighted by Gasteiger charge is -1.94. The predicted molar refractivity (Wildman–Crippen MR) is 63.3 cm³/mol. The summed E-state index contributed by atoms with van der Waals surface area (Å²) in [7, 11) is 0.861. The van der Waals surface area contributed by atoms with Gasteiger partial charge in [-0.25, -0.2) is 16.5 Å². The summed E-state index contributed by atoms with van der Waals surface area (Å²) in [6.45, 7) is 5.50. The molecule has 0 unspecified atom stereocenters. The highest BCUT2D eigenvalue weighted by atomic mass is 14.9. The van der Waals surface area contributed by atoms with E-state index in [1.165, 1.54) is 30.3 Å². The fourth-order valence-corrected chi connectivity index (χ4v) is 1.16. The van der Waals surface area contributed by atoms with E-state index >= 15 is 0 Å². The number of unbranched alkanes of at least 4 members (excludes halogenated alkanes) is 1. The van der Waals surface area contributed by atoms with Crippen molar-refractivity contribution in [2.24, 2.45) is 0 Å². The van der Waals surface area contributed by atoms with Crippen LogP contribution < -0.4 is 4.57 Å². The van der Waals surface area contributed by atoms with E-state index in [0.29, 0.717) is 0 Å².